The first-order valence-electron chi connectivity index (χ1n) is 9.99. The molecule has 1 aliphatic heterocycles. The molecule has 1 aliphatic rings. The maximum absolute atomic E-state index is 12.2. The third kappa shape index (κ3) is 6.07. The molecule has 0 spiro atoms. The molecule has 1 N–H and O–H groups in total. The number of esters is 1. The van der Waals surface area contributed by atoms with Crippen LogP contribution < -0.4 is 14.8 Å². The molecule has 2 amide bonds. The minimum absolute atomic E-state index is 0.131. The summed E-state index contributed by atoms with van der Waals surface area (Å²) in [6, 6.07) is 5.09. The van der Waals surface area contributed by atoms with Crippen molar-refractivity contribution in [1.29, 1.82) is 0 Å². The van der Waals surface area contributed by atoms with E-state index in [-0.39, 0.29) is 19.2 Å². The molecule has 0 radical (unpaired) electrons. The van der Waals surface area contributed by atoms with E-state index in [9.17, 15) is 9.59 Å². The van der Waals surface area contributed by atoms with Crippen LogP contribution in [0.3, 0.4) is 0 Å². The molecule has 1 aromatic carbocycles. The first-order chi connectivity index (χ1) is 15.0. The Balaban J connectivity index is 1.51. The summed E-state index contributed by atoms with van der Waals surface area (Å²) >= 11 is 0. The summed E-state index contributed by atoms with van der Waals surface area (Å²) < 4.78 is 20.8. The van der Waals surface area contributed by atoms with Crippen LogP contribution in [0.1, 0.15) is 12.7 Å². The predicted octanol–water partition coefficient (Wildman–Crippen LogP) is 1.14. The van der Waals surface area contributed by atoms with E-state index in [1.807, 2.05) is 0 Å². The first kappa shape index (κ1) is 22.3. The molecule has 0 bridgehead atoms. The molecule has 0 aliphatic carbocycles. The van der Waals surface area contributed by atoms with Gasteiger partial charge in [0.25, 0.3) is 5.89 Å². The fourth-order valence-corrected chi connectivity index (χ4v) is 3.15. The van der Waals surface area contributed by atoms with Crippen LogP contribution in [-0.2, 0) is 16.1 Å². The molecule has 2 heterocycles. The summed E-state index contributed by atoms with van der Waals surface area (Å²) in [5.74, 6) is 1.75. The smallest absolute Gasteiger partial charge is 0.325 e. The van der Waals surface area contributed by atoms with Gasteiger partial charge in [-0.15, -0.1) is 0 Å². The molecule has 1 fully saturated rings. The zero-order valence-corrected chi connectivity index (χ0v) is 17.9. The number of carbonyl (C=O) groups excluding carboxylic acids is 2. The second-order valence-corrected chi connectivity index (χ2v) is 6.84. The number of hydrogen-bond donors (Lipinski definition) is 1. The third-order valence-corrected chi connectivity index (χ3v) is 4.78. The number of hydrogen-bond acceptors (Lipinski definition) is 9. The van der Waals surface area contributed by atoms with Gasteiger partial charge in [0.15, 0.2) is 5.82 Å². The minimum atomic E-state index is -0.448. The minimum Gasteiger partial charge on any atom is -0.497 e. The van der Waals surface area contributed by atoms with Crippen molar-refractivity contribution in [2.24, 2.45) is 0 Å². The third-order valence-electron chi connectivity index (χ3n) is 4.78. The Morgan fingerprint density at radius 1 is 1.10 bits per heavy atom. The van der Waals surface area contributed by atoms with Crippen molar-refractivity contribution in [3.05, 3.63) is 24.0 Å². The first-order valence-corrected chi connectivity index (χ1v) is 9.99. The average Bonchev–Trinajstić information content (AvgIpc) is 3.26. The molecule has 11 heteroatoms. The SMILES string of the molecule is CCOC(=O)CNC(=O)N1CCN(Cc2noc(-c3cc(OC)cc(OC)c3)n2)CC1. The van der Waals surface area contributed by atoms with Gasteiger partial charge in [-0.05, 0) is 19.1 Å². The standard InChI is InChI=1S/C20H27N5O6/c1-4-30-18(26)12-21-20(27)25-7-5-24(6-8-25)13-17-22-19(31-23-17)14-9-15(28-2)11-16(10-14)29-3/h9-11H,4-8,12-13H2,1-3H3,(H,21,27). The van der Waals surface area contributed by atoms with Gasteiger partial charge in [-0.25, -0.2) is 4.79 Å². The monoisotopic (exact) mass is 433 g/mol. The van der Waals surface area contributed by atoms with E-state index in [2.05, 4.69) is 20.4 Å². The highest BCUT2D eigenvalue weighted by Gasteiger charge is 2.23. The summed E-state index contributed by atoms with van der Waals surface area (Å²) in [7, 11) is 3.16. The van der Waals surface area contributed by atoms with Crippen LogP contribution in [0.25, 0.3) is 11.5 Å². The molecule has 1 saturated heterocycles. The molecule has 3 rings (SSSR count). The molecule has 0 saturated carbocycles. The number of piperazine rings is 1. The highest BCUT2D eigenvalue weighted by atomic mass is 16.5. The molecule has 11 nitrogen and oxygen atoms in total. The van der Waals surface area contributed by atoms with E-state index < -0.39 is 5.97 Å². The van der Waals surface area contributed by atoms with Crippen molar-refractivity contribution in [1.82, 2.24) is 25.3 Å². The second-order valence-electron chi connectivity index (χ2n) is 6.84. The van der Waals surface area contributed by atoms with Crippen molar-refractivity contribution in [3.63, 3.8) is 0 Å². The van der Waals surface area contributed by atoms with E-state index in [4.69, 9.17) is 18.7 Å². The lowest BCUT2D eigenvalue weighted by Gasteiger charge is -2.33. The summed E-state index contributed by atoms with van der Waals surface area (Å²) in [6.07, 6.45) is 0. The number of nitrogens with zero attached hydrogens (tertiary/aromatic N) is 4. The lowest BCUT2D eigenvalue weighted by Crippen LogP contribution is -2.52. The van der Waals surface area contributed by atoms with Gasteiger partial charge in [-0.2, -0.15) is 4.98 Å². The van der Waals surface area contributed by atoms with Crippen molar-refractivity contribution >= 4 is 12.0 Å². The maximum atomic E-state index is 12.2. The normalized spacial score (nSPS) is 14.2. The number of aromatic nitrogens is 2. The Labute approximate surface area is 180 Å². The number of nitrogens with one attached hydrogen (secondary N) is 1. The number of benzene rings is 1. The van der Waals surface area contributed by atoms with E-state index in [1.165, 1.54) is 0 Å². The number of ether oxygens (including phenoxy) is 3. The van der Waals surface area contributed by atoms with E-state index >= 15 is 0 Å². The number of carbonyl (C=O) groups is 2. The van der Waals surface area contributed by atoms with Crippen LogP contribution in [-0.4, -0.2) is 85.5 Å². The van der Waals surface area contributed by atoms with Crippen molar-refractivity contribution in [2.75, 3.05) is 53.6 Å². The molecule has 0 unspecified atom stereocenters. The summed E-state index contributed by atoms with van der Waals surface area (Å²) in [4.78, 5) is 31.8. The fraction of sp³-hybridized carbons (Fsp3) is 0.500. The van der Waals surface area contributed by atoms with Gasteiger partial charge < -0.3 is 29.0 Å². The predicted molar refractivity (Wildman–Crippen MR) is 110 cm³/mol. The van der Waals surface area contributed by atoms with Crippen LogP contribution in [0.4, 0.5) is 4.79 Å². The number of methoxy groups -OCH3 is 2. The van der Waals surface area contributed by atoms with Crippen LogP contribution in [0.5, 0.6) is 11.5 Å². The Bertz CT molecular complexity index is 872. The number of rotatable bonds is 8. The highest BCUT2D eigenvalue weighted by Crippen LogP contribution is 2.28. The van der Waals surface area contributed by atoms with Crippen molar-refractivity contribution in [2.45, 2.75) is 13.5 Å². The van der Waals surface area contributed by atoms with Gasteiger partial charge in [-0.3, -0.25) is 9.69 Å². The molecule has 2 aromatic rings. The summed E-state index contributed by atoms with van der Waals surface area (Å²) in [5.41, 5.74) is 0.707. The molecule has 0 atom stereocenters. The Morgan fingerprint density at radius 3 is 2.39 bits per heavy atom. The van der Waals surface area contributed by atoms with Crippen LogP contribution in [0.15, 0.2) is 22.7 Å². The van der Waals surface area contributed by atoms with Gasteiger partial charge in [-0.1, -0.05) is 5.16 Å². The number of amides is 2. The quantitative estimate of drug-likeness (QED) is 0.611. The molecular weight excluding hydrogens is 406 g/mol. The molecule has 1 aromatic heterocycles. The lowest BCUT2D eigenvalue weighted by atomic mass is 10.2. The van der Waals surface area contributed by atoms with E-state index in [1.54, 1.807) is 44.2 Å². The van der Waals surface area contributed by atoms with Crippen LogP contribution >= 0.6 is 0 Å². The van der Waals surface area contributed by atoms with Crippen molar-refractivity contribution in [3.8, 4) is 23.0 Å². The van der Waals surface area contributed by atoms with E-state index in [0.29, 0.717) is 61.5 Å². The summed E-state index contributed by atoms with van der Waals surface area (Å²) in [6.45, 7) is 4.76. The molecular formula is C20H27N5O6. The van der Waals surface area contributed by atoms with Crippen molar-refractivity contribution < 1.29 is 28.3 Å². The Morgan fingerprint density at radius 2 is 1.77 bits per heavy atom. The van der Waals surface area contributed by atoms with Gasteiger partial charge >= 0.3 is 12.0 Å². The largest absolute Gasteiger partial charge is 0.497 e. The topological polar surface area (TPSA) is 119 Å². The fourth-order valence-electron chi connectivity index (χ4n) is 3.15. The average molecular weight is 433 g/mol. The maximum Gasteiger partial charge on any atom is 0.325 e. The lowest BCUT2D eigenvalue weighted by molar-refractivity contribution is -0.141. The van der Waals surface area contributed by atoms with Crippen LogP contribution in [0, 0.1) is 0 Å². The second kappa shape index (κ2) is 10.6. The van der Waals surface area contributed by atoms with Gasteiger partial charge in [0.1, 0.15) is 18.0 Å². The van der Waals surface area contributed by atoms with Crippen LogP contribution in [0.2, 0.25) is 0 Å². The molecule has 168 valence electrons. The zero-order chi connectivity index (χ0) is 22.2. The van der Waals surface area contributed by atoms with Gasteiger partial charge in [0, 0.05) is 37.8 Å². The Kier molecular flexibility index (Phi) is 7.65. The Hall–Kier alpha value is -3.34. The molecule has 31 heavy (non-hydrogen) atoms. The highest BCUT2D eigenvalue weighted by molar-refractivity contribution is 5.80. The number of urea groups is 1. The zero-order valence-electron chi connectivity index (χ0n) is 17.9. The van der Waals surface area contributed by atoms with Gasteiger partial charge in [0.2, 0.25) is 0 Å². The van der Waals surface area contributed by atoms with E-state index in [0.717, 1.165) is 0 Å². The summed E-state index contributed by atoms with van der Waals surface area (Å²) in [5, 5.41) is 6.64. The van der Waals surface area contributed by atoms with Gasteiger partial charge in [0.05, 0.1) is 27.4 Å².